The quantitative estimate of drug-likeness (QED) is 0.809. The second-order valence-electron chi connectivity index (χ2n) is 6.85. The maximum atomic E-state index is 10.7. The van der Waals surface area contributed by atoms with Gasteiger partial charge in [0.1, 0.15) is 5.75 Å². The van der Waals surface area contributed by atoms with Crippen molar-refractivity contribution in [1.82, 2.24) is 10.2 Å². The fourth-order valence-corrected chi connectivity index (χ4v) is 3.51. The van der Waals surface area contributed by atoms with Crippen molar-refractivity contribution in [3.05, 3.63) is 23.8 Å². The first-order valence-corrected chi connectivity index (χ1v) is 9.09. The van der Waals surface area contributed by atoms with Gasteiger partial charge in [-0.1, -0.05) is 19.9 Å². The first-order valence-electron chi connectivity index (χ1n) is 9.09. The zero-order valence-electron chi connectivity index (χ0n) is 15.2. The summed E-state index contributed by atoms with van der Waals surface area (Å²) in [6.45, 7) is 14.9. The minimum Gasteiger partial charge on any atom is -0.508 e. The lowest BCUT2D eigenvalue weighted by Crippen LogP contribution is -2.45. The van der Waals surface area contributed by atoms with Gasteiger partial charge in [0, 0.05) is 62.6 Å². The number of anilines is 1. The van der Waals surface area contributed by atoms with Crippen LogP contribution < -0.4 is 10.2 Å². The predicted molar refractivity (Wildman–Crippen MR) is 98.3 cm³/mol. The summed E-state index contributed by atoms with van der Waals surface area (Å²) >= 11 is 0. The van der Waals surface area contributed by atoms with Gasteiger partial charge in [-0.15, -0.1) is 0 Å². The maximum Gasteiger partial charge on any atom is 0.122 e. The molecule has 0 aromatic heterocycles. The lowest BCUT2D eigenvalue weighted by Gasteiger charge is -2.36. The summed E-state index contributed by atoms with van der Waals surface area (Å²) in [7, 11) is 0. The molecule has 2 rings (SSSR count). The highest BCUT2D eigenvalue weighted by Crippen LogP contribution is 2.36. The highest BCUT2D eigenvalue weighted by Gasteiger charge is 2.25. The molecular weight excluding hydrogens is 286 g/mol. The van der Waals surface area contributed by atoms with Crippen LogP contribution in [0.3, 0.4) is 0 Å². The Bertz CT molecular complexity index is 480. The minimum atomic E-state index is 0.308. The van der Waals surface area contributed by atoms with Gasteiger partial charge in [0.05, 0.1) is 0 Å². The molecule has 23 heavy (non-hydrogen) atoms. The molecule has 1 saturated heterocycles. The Morgan fingerprint density at radius 3 is 2.35 bits per heavy atom. The zero-order valence-corrected chi connectivity index (χ0v) is 15.2. The summed E-state index contributed by atoms with van der Waals surface area (Å²) in [6.07, 6.45) is 1.08. The number of hydrogen-bond donors (Lipinski definition) is 2. The van der Waals surface area contributed by atoms with Crippen LogP contribution in [0.15, 0.2) is 18.2 Å². The van der Waals surface area contributed by atoms with Crippen molar-refractivity contribution >= 4 is 5.69 Å². The first-order chi connectivity index (χ1) is 11.1. The van der Waals surface area contributed by atoms with Crippen molar-refractivity contribution in [2.75, 3.05) is 44.2 Å². The Balaban J connectivity index is 2.26. The fraction of sp³-hybridized carbons (Fsp3) is 0.684. The number of hydrogen-bond acceptors (Lipinski definition) is 4. The lowest BCUT2D eigenvalue weighted by atomic mass is 9.94. The fourth-order valence-electron chi connectivity index (χ4n) is 3.51. The molecule has 1 heterocycles. The number of nitrogens with zero attached hydrogens (tertiary/aromatic N) is 2. The van der Waals surface area contributed by atoms with Gasteiger partial charge in [-0.3, -0.25) is 4.90 Å². The molecule has 4 nitrogen and oxygen atoms in total. The second kappa shape index (κ2) is 8.55. The third-order valence-electron chi connectivity index (χ3n) is 4.79. The molecule has 0 amide bonds. The normalized spacial score (nSPS) is 17.4. The molecule has 130 valence electrons. The Kier molecular flexibility index (Phi) is 6.72. The summed E-state index contributed by atoms with van der Waals surface area (Å²) in [5, 5.41) is 14.1. The van der Waals surface area contributed by atoms with Gasteiger partial charge in [0.15, 0.2) is 0 Å². The van der Waals surface area contributed by atoms with Crippen LogP contribution in [0.25, 0.3) is 0 Å². The van der Waals surface area contributed by atoms with Crippen molar-refractivity contribution in [3.63, 3.8) is 0 Å². The molecular formula is C19H33N3O. The number of aromatic hydroxyl groups is 1. The van der Waals surface area contributed by atoms with E-state index in [0.29, 0.717) is 17.7 Å². The molecule has 1 aliphatic heterocycles. The van der Waals surface area contributed by atoms with E-state index in [2.05, 4.69) is 54.9 Å². The molecule has 0 bridgehead atoms. The number of nitrogens with one attached hydrogen (secondary N) is 1. The number of rotatable bonds is 7. The topological polar surface area (TPSA) is 38.7 Å². The summed E-state index contributed by atoms with van der Waals surface area (Å²) in [5.41, 5.74) is 2.19. The van der Waals surface area contributed by atoms with Crippen LogP contribution in [-0.2, 0) is 0 Å². The van der Waals surface area contributed by atoms with Crippen LogP contribution in [0.1, 0.15) is 45.7 Å². The van der Waals surface area contributed by atoms with Crippen molar-refractivity contribution in [3.8, 4) is 5.75 Å². The van der Waals surface area contributed by atoms with Crippen LogP contribution in [0, 0.1) is 5.92 Å². The summed E-state index contributed by atoms with van der Waals surface area (Å²) in [5.74, 6) is 1.05. The maximum absolute atomic E-state index is 10.7. The third kappa shape index (κ3) is 4.61. The van der Waals surface area contributed by atoms with E-state index < -0.39 is 0 Å². The van der Waals surface area contributed by atoms with Gasteiger partial charge in [-0.25, -0.2) is 0 Å². The van der Waals surface area contributed by atoms with Gasteiger partial charge >= 0.3 is 0 Å². The van der Waals surface area contributed by atoms with E-state index in [1.807, 2.05) is 6.07 Å². The second-order valence-corrected chi connectivity index (χ2v) is 6.85. The molecule has 1 aromatic carbocycles. The van der Waals surface area contributed by atoms with Crippen molar-refractivity contribution < 1.29 is 5.11 Å². The number of phenols is 1. The standard InChI is InChI=1S/C19H33N3O/c1-5-21(6-2)16-7-8-17(19(23)14-16)18(13-15(3)4)22-11-9-20-10-12-22/h7-8,14-15,18,20,23H,5-6,9-13H2,1-4H3/t18-/m0/s1. The Morgan fingerprint density at radius 1 is 1.17 bits per heavy atom. The van der Waals surface area contributed by atoms with Crippen LogP contribution in [0.2, 0.25) is 0 Å². The summed E-state index contributed by atoms with van der Waals surface area (Å²) in [4.78, 5) is 4.79. The monoisotopic (exact) mass is 319 g/mol. The number of benzene rings is 1. The molecule has 0 unspecified atom stereocenters. The van der Waals surface area contributed by atoms with E-state index in [-0.39, 0.29) is 0 Å². The molecule has 2 N–H and O–H groups in total. The van der Waals surface area contributed by atoms with Crippen molar-refractivity contribution in [2.24, 2.45) is 5.92 Å². The molecule has 0 saturated carbocycles. The number of phenolic OH excluding ortho intramolecular Hbond substituents is 1. The molecule has 4 heteroatoms. The molecule has 0 radical (unpaired) electrons. The first kappa shape index (κ1) is 18.1. The molecule has 1 fully saturated rings. The summed E-state index contributed by atoms with van der Waals surface area (Å²) < 4.78 is 0. The van der Waals surface area contributed by atoms with Gasteiger partial charge < -0.3 is 15.3 Å². The highest BCUT2D eigenvalue weighted by atomic mass is 16.3. The molecule has 1 aromatic rings. The SMILES string of the molecule is CCN(CC)c1ccc([C@H](CC(C)C)N2CCNCC2)c(O)c1. The van der Waals surface area contributed by atoms with Crippen LogP contribution in [0.5, 0.6) is 5.75 Å². The van der Waals surface area contributed by atoms with E-state index in [1.165, 1.54) is 0 Å². The van der Waals surface area contributed by atoms with Gasteiger partial charge in [-0.05, 0) is 32.3 Å². The van der Waals surface area contributed by atoms with Crippen LogP contribution in [0.4, 0.5) is 5.69 Å². The average molecular weight is 319 g/mol. The van der Waals surface area contributed by atoms with E-state index in [9.17, 15) is 5.11 Å². The summed E-state index contributed by atoms with van der Waals surface area (Å²) in [6, 6.07) is 6.55. The van der Waals surface area contributed by atoms with E-state index >= 15 is 0 Å². The zero-order chi connectivity index (χ0) is 16.8. The molecule has 1 atom stereocenters. The van der Waals surface area contributed by atoms with Crippen molar-refractivity contribution in [2.45, 2.75) is 40.2 Å². The average Bonchev–Trinajstić information content (AvgIpc) is 2.55. The van der Waals surface area contributed by atoms with Gasteiger partial charge in [0.2, 0.25) is 0 Å². The van der Waals surface area contributed by atoms with Crippen LogP contribution >= 0.6 is 0 Å². The Labute approximate surface area is 141 Å². The molecule has 0 spiro atoms. The predicted octanol–water partition coefficient (Wildman–Crippen LogP) is 3.23. The number of piperazine rings is 1. The van der Waals surface area contributed by atoms with E-state index in [4.69, 9.17) is 0 Å². The third-order valence-corrected chi connectivity index (χ3v) is 4.79. The molecule has 1 aliphatic rings. The Hall–Kier alpha value is -1.26. The van der Waals surface area contributed by atoms with E-state index in [1.54, 1.807) is 0 Å². The van der Waals surface area contributed by atoms with E-state index in [0.717, 1.165) is 56.9 Å². The Morgan fingerprint density at radius 2 is 1.83 bits per heavy atom. The minimum absolute atomic E-state index is 0.308. The van der Waals surface area contributed by atoms with Crippen LogP contribution in [-0.4, -0.2) is 49.3 Å². The van der Waals surface area contributed by atoms with Crippen molar-refractivity contribution in [1.29, 1.82) is 0 Å². The van der Waals surface area contributed by atoms with Gasteiger partial charge in [-0.2, -0.15) is 0 Å². The lowest BCUT2D eigenvalue weighted by molar-refractivity contribution is 0.151. The van der Waals surface area contributed by atoms with Gasteiger partial charge in [0.25, 0.3) is 0 Å². The molecule has 0 aliphatic carbocycles. The smallest absolute Gasteiger partial charge is 0.122 e. The highest BCUT2D eigenvalue weighted by molar-refractivity contribution is 5.54. The largest absolute Gasteiger partial charge is 0.508 e.